The van der Waals surface area contributed by atoms with Gasteiger partial charge in [0.1, 0.15) is 5.60 Å². The van der Waals surface area contributed by atoms with E-state index in [0.717, 1.165) is 32.1 Å². The van der Waals surface area contributed by atoms with Crippen LogP contribution < -0.4 is 16.4 Å². The van der Waals surface area contributed by atoms with Crippen molar-refractivity contribution < 1.29 is 9.53 Å². The molecule has 1 fully saturated rings. The van der Waals surface area contributed by atoms with Gasteiger partial charge in [0.2, 0.25) is 0 Å². The Morgan fingerprint density at radius 1 is 1.43 bits per heavy atom. The van der Waals surface area contributed by atoms with Gasteiger partial charge in [-0.3, -0.25) is 4.99 Å². The van der Waals surface area contributed by atoms with Gasteiger partial charge in [0.15, 0.2) is 5.96 Å². The Morgan fingerprint density at radius 2 is 2.10 bits per heavy atom. The maximum Gasteiger partial charge on any atom is 0.407 e. The monoisotopic (exact) mass is 298 g/mol. The Kier molecular flexibility index (Phi) is 6.78. The second-order valence-corrected chi connectivity index (χ2v) is 6.61. The number of amides is 1. The Labute approximate surface area is 127 Å². The zero-order valence-corrected chi connectivity index (χ0v) is 13.7. The van der Waals surface area contributed by atoms with Crippen molar-refractivity contribution in [3.63, 3.8) is 0 Å². The number of nitrogens with one attached hydrogen (secondary N) is 2. The second kappa shape index (κ2) is 8.10. The largest absolute Gasteiger partial charge is 0.444 e. The molecule has 1 aliphatic carbocycles. The molecular formula is C15H30N4O2. The number of guanidine groups is 1. The lowest BCUT2D eigenvalue weighted by atomic mass is 10.1. The number of ether oxygens (including phenoxy) is 1. The van der Waals surface area contributed by atoms with E-state index >= 15 is 0 Å². The van der Waals surface area contributed by atoms with Crippen molar-refractivity contribution in [2.24, 2.45) is 10.7 Å². The number of alkyl carbamates (subject to hydrolysis) is 1. The number of nitrogens with two attached hydrogens (primary N) is 1. The fourth-order valence-electron chi connectivity index (χ4n) is 1.84. The van der Waals surface area contributed by atoms with Crippen molar-refractivity contribution in [3.05, 3.63) is 0 Å². The molecule has 21 heavy (non-hydrogen) atoms. The highest BCUT2D eigenvalue weighted by Crippen LogP contribution is 2.23. The number of rotatable bonds is 7. The summed E-state index contributed by atoms with van der Waals surface area (Å²) in [5.41, 5.74) is 5.41. The lowest BCUT2D eigenvalue weighted by Crippen LogP contribution is -2.47. The minimum Gasteiger partial charge on any atom is -0.444 e. The van der Waals surface area contributed by atoms with Crippen LogP contribution in [0.5, 0.6) is 0 Å². The minimum absolute atomic E-state index is 0.0833. The number of carbonyl (C=O) groups excluding carboxylic acids is 1. The topological polar surface area (TPSA) is 88.7 Å². The molecule has 1 unspecified atom stereocenters. The highest BCUT2D eigenvalue weighted by molar-refractivity contribution is 5.78. The van der Waals surface area contributed by atoms with Gasteiger partial charge in [-0.15, -0.1) is 0 Å². The first-order valence-electron chi connectivity index (χ1n) is 7.87. The van der Waals surface area contributed by atoms with Gasteiger partial charge in [-0.2, -0.15) is 0 Å². The molecule has 0 aliphatic heterocycles. The number of hydrogen-bond acceptors (Lipinski definition) is 3. The Morgan fingerprint density at radius 3 is 2.62 bits per heavy atom. The number of hydrogen-bond donors (Lipinski definition) is 3. The average Bonchev–Trinajstić information content (AvgIpc) is 3.14. The Bertz CT molecular complexity index is 359. The molecule has 4 N–H and O–H groups in total. The fraction of sp³-hybridized carbons (Fsp3) is 0.867. The molecule has 0 heterocycles. The van der Waals surface area contributed by atoms with E-state index < -0.39 is 11.7 Å². The highest BCUT2D eigenvalue weighted by atomic mass is 16.6. The summed E-state index contributed by atoms with van der Waals surface area (Å²) in [5.74, 6) is 0.476. The molecular weight excluding hydrogens is 268 g/mol. The van der Waals surface area contributed by atoms with E-state index in [4.69, 9.17) is 10.5 Å². The van der Waals surface area contributed by atoms with Gasteiger partial charge in [0.05, 0.1) is 6.04 Å². The third-order valence-electron chi connectivity index (χ3n) is 3.02. The summed E-state index contributed by atoms with van der Waals surface area (Å²) in [6.45, 7) is 8.16. The van der Waals surface area contributed by atoms with Gasteiger partial charge in [-0.25, -0.2) is 4.79 Å². The summed E-state index contributed by atoms with van der Waals surface area (Å²) < 4.78 is 5.23. The molecule has 0 bridgehead atoms. The SMILES string of the molecule is CCCCC(CNC(=O)OC(C)(C)C)NC(N)=NC1CC1. The van der Waals surface area contributed by atoms with Crippen molar-refractivity contribution in [2.75, 3.05) is 6.54 Å². The van der Waals surface area contributed by atoms with Gasteiger partial charge in [0, 0.05) is 12.6 Å². The number of nitrogens with zero attached hydrogens (tertiary/aromatic N) is 1. The average molecular weight is 298 g/mol. The van der Waals surface area contributed by atoms with Crippen LogP contribution in [0.25, 0.3) is 0 Å². The summed E-state index contributed by atoms with van der Waals surface area (Å²) in [5, 5.41) is 5.99. The first-order valence-corrected chi connectivity index (χ1v) is 7.87. The quantitative estimate of drug-likeness (QED) is 0.496. The van der Waals surface area contributed by atoms with Gasteiger partial charge >= 0.3 is 6.09 Å². The van der Waals surface area contributed by atoms with Crippen LogP contribution in [0.2, 0.25) is 0 Å². The first kappa shape index (κ1) is 17.6. The van der Waals surface area contributed by atoms with Gasteiger partial charge in [0.25, 0.3) is 0 Å². The molecule has 1 amide bonds. The molecule has 6 heteroatoms. The Hall–Kier alpha value is -1.46. The van der Waals surface area contributed by atoms with Gasteiger partial charge in [-0.05, 0) is 40.0 Å². The molecule has 6 nitrogen and oxygen atoms in total. The van der Waals surface area contributed by atoms with E-state index in [1.54, 1.807) is 0 Å². The summed E-state index contributed by atoms with van der Waals surface area (Å²) >= 11 is 0. The maximum atomic E-state index is 11.7. The molecule has 1 rings (SSSR count). The zero-order chi connectivity index (χ0) is 15.9. The normalized spacial score (nSPS) is 17.2. The second-order valence-electron chi connectivity index (χ2n) is 6.61. The smallest absolute Gasteiger partial charge is 0.407 e. The van der Waals surface area contributed by atoms with E-state index in [-0.39, 0.29) is 6.04 Å². The van der Waals surface area contributed by atoms with Crippen molar-refractivity contribution >= 4 is 12.1 Å². The van der Waals surface area contributed by atoms with Gasteiger partial charge < -0.3 is 21.1 Å². The summed E-state index contributed by atoms with van der Waals surface area (Å²) in [4.78, 5) is 16.1. The molecule has 0 aromatic carbocycles. The molecule has 0 aromatic heterocycles. The van der Waals surface area contributed by atoms with Gasteiger partial charge in [-0.1, -0.05) is 19.8 Å². The maximum absolute atomic E-state index is 11.7. The summed E-state index contributed by atoms with van der Waals surface area (Å²) in [7, 11) is 0. The standard InChI is InChI=1S/C15H30N4O2/c1-5-6-7-12(19-13(16)18-11-8-9-11)10-17-14(20)21-15(2,3)4/h11-12H,5-10H2,1-4H3,(H,17,20)(H3,16,18,19). The fourth-order valence-corrected chi connectivity index (χ4v) is 1.84. The van der Waals surface area contributed by atoms with Crippen LogP contribution in [0.1, 0.15) is 59.8 Å². The van der Waals surface area contributed by atoms with E-state index in [9.17, 15) is 4.79 Å². The van der Waals surface area contributed by atoms with Crippen LogP contribution in [0.4, 0.5) is 4.79 Å². The predicted molar refractivity (Wildman–Crippen MR) is 85.3 cm³/mol. The van der Waals surface area contributed by atoms with Crippen LogP contribution >= 0.6 is 0 Å². The molecule has 1 aliphatic rings. The first-order chi connectivity index (χ1) is 9.80. The zero-order valence-electron chi connectivity index (χ0n) is 13.7. The number of unbranched alkanes of at least 4 members (excludes halogenated alkanes) is 1. The third kappa shape index (κ3) is 9.15. The summed E-state index contributed by atoms with van der Waals surface area (Å²) in [6.07, 6.45) is 4.96. The van der Waals surface area contributed by atoms with Crippen molar-refractivity contribution in [1.82, 2.24) is 10.6 Å². The van der Waals surface area contributed by atoms with E-state index in [1.807, 2.05) is 20.8 Å². The van der Waals surface area contributed by atoms with Crippen molar-refractivity contribution in [1.29, 1.82) is 0 Å². The minimum atomic E-state index is -0.483. The third-order valence-corrected chi connectivity index (χ3v) is 3.02. The lowest BCUT2D eigenvalue weighted by molar-refractivity contribution is 0.0523. The van der Waals surface area contributed by atoms with Crippen LogP contribution in [-0.4, -0.2) is 36.3 Å². The van der Waals surface area contributed by atoms with Crippen molar-refractivity contribution in [3.8, 4) is 0 Å². The van der Waals surface area contributed by atoms with Crippen LogP contribution in [-0.2, 0) is 4.74 Å². The molecule has 122 valence electrons. The molecule has 0 saturated heterocycles. The number of aliphatic imine (C=N–C) groups is 1. The molecule has 0 spiro atoms. The van der Waals surface area contributed by atoms with E-state index in [1.165, 1.54) is 0 Å². The lowest BCUT2D eigenvalue weighted by Gasteiger charge is -2.23. The van der Waals surface area contributed by atoms with E-state index in [0.29, 0.717) is 18.5 Å². The van der Waals surface area contributed by atoms with Crippen LogP contribution in [0.3, 0.4) is 0 Å². The Balaban J connectivity index is 2.39. The summed E-state index contributed by atoms with van der Waals surface area (Å²) in [6, 6.07) is 0.475. The molecule has 1 saturated carbocycles. The molecule has 1 atom stereocenters. The number of carbonyl (C=O) groups is 1. The van der Waals surface area contributed by atoms with Crippen LogP contribution in [0, 0.1) is 0 Å². The highest BCUT2D eigenvalue weighted by Gasteiger charge is 2.21. The predicted octanol–water partition coefficient (Wildman–Crippen LogP) is 2.14. The molecule has 0 radical (unpaired) electrons. The molecule has 0 aromatic rings. The van der Waals surface area contributed by atoms with E-state index in [2.05, 4.69) is 22.5 Å². The van der Waals surface area contributed by atoms with Crippen LogP contribution in [0.15, 0.2) is 4.99 Å². The van der Waals surface area contributed by atoms with Crippen molar-refractivity contribution in [2.45, 2.75) is 77.5 Å².